The first kappa shape index (κ1) is 13.9. The van der Waals surface area contributed by atoms with Crippen LogP contribution in [0.3, 0.4) is 0 Å². The molecule has 2 aromatic carbocycles. The third kappa shape index (κ3) is 3.72. The van der Waals surface area contributed by atoms with Crippen molar-refractivity contribution in [3.05, 3.63) is 64.7 Å². The van der Waals surface area contributed by atoms with Gasteiger partial charge in [0.25, 0.3) is 0 Å². The van der Waals surface area contributed by atoms with E-state index in [4.69, 9.17) is 16.3 Å². The second kappa shape index (κ2) is 6.60. The lowest BCUT2D eigenvalue weighted by Gasteiger charge is -2.12. The molecule has 2 nitrogen and oxygen atoms in total. The average molecular weight is 277 g/mol. The summed E-state index contributed by atoms with van der Waals surface area (Å²) in [5.74, 6) is 0.626. The number of hydrogen-bond donors (Lipinski definition) is 1. The molecule has 1 unspecified atom stereocenters. The Kier molecular flexibility index (Phi) is 4.83. The lowest BCUT2D eigenvalue weighted by Crippen LogP contribution is -2.00. The first-order valence-electron chi connectivity index (χ1n) is 6.26. The summed E-state index contributed by atoms with van der Waals surface area (Å²) in [5, 5.41) is 10.7. The summed E-state index contributed by atoms with van der Waals surface area (Å²) in [6, 6.07) is 15.5. The summed E-state index contributed by atoms with van der Waals surface area (Å²) in [6.45, 7) is 0. The molecule has 0 bridgehead atoms. The largest absolute Gasteiger partial charge is 0.495 e. The third-order valence-corrected chi connectivity index (χ3v) is 3.41. The van der Waals surface area contributed by atoms with Crippen molar-refractivity contribution in [2.24, 2.45) is 0 Å². The van der Waals surface area contributed by atoms with Gasteiger partial charge in [0.2, 0.25) is 0 Å². The molecule has 1 N–H and O–H groups in total. The summed E-state index contributed by atoms with van der Waals surface area (Å²) >= 11 is 6.05. The van der Waals surface area contributed by atoms with Crippen molar-refractivity contribution < 1.29 is 9.84 Å². The summed E-state index contributed by atoms with van der Waals surface area (Å²) in [7, 11) is 1.58. The second-order valence-electron chi connectivity index (χ2n) is 4.43. The molecule has 2 aromatic rings. The number of benzene rings is 2. The molecule has 0 aliphatic carbocycles. The van der Waals surface area contributed by atoms with Gasteiger partial charge in [-0.15, -0.1) is 0 Å². The van der Waals surface area contributed by atoms with Crippen molar-refractivity contribution in [2.75, 3.05) is 7.11 Å². The number of hydrogen-bond acceptors (Lipinski definition) is 2. The third-order valence-electron chi connectivity index (χ3n) is 3.11. The zero-order chi connectivity index (χ0) is 13.7. The highest BCUT2D eigenvalue weighted by Crippen LogP contribution is 2.29. The van der Waals surface area contributed by atoms with Gasteiger partial charge in [0.15, 0.2) is 0 Å². The smallest absolute Gasteiger partial charge is 0.137 e. The molecule has 19 heavy (non-hydrogen) atoms. The first-order chi connectivity index (χ1) is 9.20. The Morgan fingerprint density at radius 3 is 2.53 bits per heavy atom. The van der Waals surface area contributed by atoms with E-state index in [1.807, 2.05) is 24.3 Å². The molecule has 3 heteroatoms. The van der Waals surface area contributed by atoms with E-state index >= 15 is 0 Å². The fourth-order valence-electron chi connectivity index (χ4n) is 2.00. The van der Waals surface area contributed by atoms with Crippen LogP contribution in [0.2, 0.25) is 5.02 Å². The van der Waals surface area contributed by atoms with Crippen molar-refractivity contribution in [3.63, 3.8) is 0 Å². The molecule has 0 saturated carbocycles. The van der Waals surface area contributed by atoms with Gasteiger partial charge in [0.05, 0.1) is 18.2 Å². The van der Waals surface area contributed by atoms with Crippen LogP contribution in [0.1, 0.15) is 23.7 Å². The molecule has 0 amide bonds. The van der Waals surface area contributed by atoms with Gasteiger partial charge in [-0.3, -0.25) is 0 Å². The van der Waals surface area contributed by atoms with Crippen molar-refractivity contribution in [3.8, 4) is 5.75 Å². The number of aliphatic hydroxyl groups excluding tert-OH is 1. The van der Waals surface area contributed by atoms with E-state index in [2.05, 4.69) is 12.1 Å². The molecule has 0 aromatic heterocycles. The van der Waals surface area contributed by atoms with Crippen LogP contribution in [0.5, 0.6) is 5.75 Å². The number of aryl methyl sites for hydroxylation is 1. The highest BCUT2D eigenvalue weighted by Gasteiger charge is 2.10. The maximum Gasteiger partial charge on any atom is 0.137 e. The SMILES string of the molecule is COc1ccc(C(O)CCc2ccccc2)cc1Cl. The summed E-state index contributed by atoms with van der Waals surface area (Å²) < 4.78 is 5.10. The van der Waals surface area contributed by atoms with E-state index in [9.17, 15) is 5.11 Å². The Morgan fingerprint density at radius 1 is 1.16 bits per heavy atom. The van der Waals surface area contributed by atoms with E-state index in [0.717, 1.165) is 12.0 Å². The standard InChI is InChI=1S/C16H17ClO2/c1-19-16-10-8-13(11-14(16)17)15(18)9-7-12-5-3-2-4-6-12/h2-6,8,10-11,15,18H,7,9H2,1H3. The van der Waals surface area contributed by atoms with Gasteiger partial charge in [-0.2, -0.15) is 0 Å². The maximum atomic E-state index is 10.2. The number of ether oxygens (including phenoxy) is 1. The fourth-order valence-corrected chi connectivity index (χ4v) is 2.27. The highest BCUT2D eigenvalue weighted by atomic mass is 35.5. The van der Waals surface area contributed by atoms with Crippen LogP contribution < -0.4 is 4.74 Å². The predicted octanol–water partition coefficient (Wildman–Crippen LogP) is 4.01. The van der Waals surface area contributed by atoms with Gasteiger partial charge in [0, 0.05) is 0 Å². The predicted molar refractivity (Wildman–Crippen MR) is 77.7 cm³/mol. The van der Waals surface area contributed by atoms with E-state index in [1.165, 1.54) is 5.56 Å². The number of halogens is 1. The van der Waals surface area contributed by atoms with E-state index in [0.29, 0.717) is 17.2 Å². The molecule has 2 rings (SSSR count). The minimum absolute atomic E-state index is 0.511. The van der Waals surface area contributed by atoms with Gasteiger partial charge in [-0.1, -0.05) is 48.0 Å². The van der Waals surface area contributed by atoms with Crippen molar-refractivity contribution in [1.82, 2.24) is 0 Å². The van der Waals surface area contributed by atoms with Gasteiger partial charge >= 0.3 is 0 Å². The van der Waals surface area contributed by atoms with E-state index in [-0.39, 0.29) is 0 Å². The summed E-state index contributed by atoms with van der Waals surface area (Å²) in [6.07, 6.45) is 1.00. The number of rotatable bonds is 5. The van der Waals surface area contributed by atoms with Crippen LogP contribution in [0.25, 0.3) is 0 Å². The van der Waals surface area contributed by atoms with Crippen molar-refractivity contribution >= 4 is 11.6 Å². The normalized spacial score (nSPS) is 12.2. The fraction of sp³-hybridized carbons (Fsp3) is 0.250. The summed E-state index contributed by atoms with van der Waals surface area (Å²) in [5.41, 5.74) is 2.04. The first-order valence-corrected chi connectivity index (χ1v) is 6.64. The van der Waals surface area contributed by atoms with Crippen LogP contribution in [-0.4, -0.2) is 12.2 Å². The quantitative estimate of drug-likeness (QED) is 0.894. The highest BCUT2D eigenvalue weighted by molar-refractivity contribution is 6.32. The monoisotopic (exact) mass is 276 g/mol. The molecule has 0 fully saturated rings. The Labute approximate surface area is 118 Å². The molecule has 0 radical (unpaired) electrons. The minimum Gasteiger partial charge on any atom is -0.495 e. The van der Waals surface area contributed by atoms with E-state index in [1.54, 1.807) is 19.2 Å². The van der Waals surface area contributed by atoms with Crippen LogP contribution in [0, 0.1) is 0 Å². The lowest BCUT2D eigenvalue weighted by molar-refractivity contribution is 0.168. The molecule has 0 spiro atoms. The lowest BCUT2D eigenvalue weighted by atomic mass is 10.0. The van der Waals surface area contributed by atoms with Crippen LogP contribution in [0.15, 0.2) is 48.5 Å². The van der Waals surface area contributed by atoms with Gasteiger partial charge in [-0.25, -0.2) is 0 Å². The average Bonchev–Trinajstić information content (AvgIpc) is 2.45. The van der Waals surface area contributed by atoms with Crippen molar-refractivity contribution in [2.45, 2.75) is 18.9 Å². The summed E-state index contributed by atoms with van der Waals surface area (Å²) in [4.78, 5) is 0. The molecule has 100 valence electrons. The van der Waals surface area contributed by atoms with Gasteiger partial charge in [0.1, 0.15) is 5.75 Å². The molecule has 0 aliphatic rings. The van der Waals surface area contributed by atoms with E-state index < -0.39 is 6.10 Å². The van der Waals surface area contributed by atoms with Crippen LogP contribution >= 0.6 is 11.6 Å². The van der Waals surface area contributed by atoms with Gasteiger partial charge < -0.3 is 9.84 Å². The molecule has 0 aliphatic heterocycles. The Hall–Kier alpha value is -1.51. The van der Waals surface area contributed by atoms with Gasteiger partial charge in [-0.05, 0) is 36.1 Å². The topological polar surface area (TPSA) is 29.5 Å². The molecular formula is C16H17ClO2. The Bertz CT molecular complexity index is 526. The molecular weight excluding hydrogens is 260 g/mol. The zero-order valence-corrected chi connectivity index (χ0v) is 11.6. The Morgan fingerprint density at radius 2 is 1.89 bits per heavy atom. The number of aliphatic hydroxyl groups is 1. The Balaban J connectivity index is 2.00. The van der Waals surface area contributed by atoms with Crippen LogP contribution in [-0.2, 0) is 6.42 Å². The maximum absolute atomic E-state index is 10.2. The molecule has 0 heterocycles. The second-order valence-corrected chi connectivity index (χ2v) is 4.84. The minimum atomic E-state index is -0.511. The van der Waals surface area contributed by atoms with Crippen LogP contribution in [0.4, 0.5) is 0 Å². The molecule has 0 saturated heterocycles. The number of methoxy groups -OCH3 is 1. The van der Waals surface area contributed by atoms with Crippen molar-refractivity contribution in [1.29, 1.82) is 0 Å². The zero-order valence-electron chi connectivity index (χ0n) is 10.8. The molecule has 1 atom stereocenters.